The highest BCUT2D eigenvalue weighted by atomic mass is 32.1. The van der Waals surface area contributed by atoms with Crippen molar-refractivity contribution in [1.82, 2.24) is 0 Å². The Morgan fingerprint density at radius 1 is 1.50 bits per heavy atom. The van der Waals surface area contributed by atoms with Gasteiger partial charge in [0.15, 0.2) is 0 Å². The van der Waals surface area contributed by atoms with Crippen molar-refractivity contribution in [2.75, 3.05) is 6.61 Å². The minimum Gasteiger partial charge on any atom is -0.462 e. The van der Waals surface area contributed by atoms with Gasteiger partial charge in [0.2, 0.25) is 0 Å². The first kappa shape index (κ1) is 16.7. The molecule has 0 aromatic carbocycles. The number of rotatable bonds is 7. The Morgan fingerprint density at radius 2 is 2.15 bits per heavy atom. The van der Waals surface area contributed by atoms with Gasteiger partial charge in [-0.2, -0.15) is 0 Å². The first-order chi connectivity index (χ1) is 9.42. The molecule has 2 atom stereocenters. The molecule has 2 N–H and O–H groups in total. The van der Waals surface area contributed by atoms with E-state index in [-0.39, 0.29) is 12.2 Å². The van der Waals surface area contributed by atoms with Crippen LogP contribution in [0.1, 0.15) is 34.5 Å². The smallest absolute Gasteiger partial charge is 0.348 e. The number of hydrogen-bond donors (Lipinski definition) is 1. The molecule has 1 aromatic heterocycles. The van der Waals surface area contributed by atoms with Gasteiger partial charge in [0.1, 0.15) is 11.0 Å². The van der Waals surface area contributed by atoms with E-state index in [4.69, 9.17) is 15.5 Å². The average molecular weight is 305 g/mol. The summed E-state index contributed by atoms with van der Waals surface area (Å²) >= 11 is 1.11. The van der Waals surface area contributed by atoms with Crippen molar-refractivity contribution in [3.05, 3.63) is 34.0 Å². The van der Waals surface area contributed by atoms with E-state index >= 15 is 0 Å². The first-order valence-corrected chi connectivity index (χ1v) is 6.83. The average Bonchev–Trinajstić information content (AvgIpc) is 2.88. The Kier molecular flexibility index (Phi) is 6.25. The molecule has 7 heteroatoms. The summed E-state index contributed by atoms with van der Waals surface area (Å²) in [6.07, 6.45) is -3.42. The Hall–Kier alpha value is -1.31. The maximum atomic E-state index is 12.7. The van der Waals surface area contributed by atoms with Crippen molar-refractivity contribution >= 4 is 17.3 Å². The van der Waals surface area contributed by atoms with Crippen molar-refractivity contribution in [2.45, 2.75) is 26.4 Å². The molecule has 0 fully saturated rings. The molecule has 4 nitrogen and oxygen atoms in total. The van der Waals surface area contributed by atoms with Crippen LogP contribution in [0.15, 0.2) is 24.3 Å². The van der Waals surface area contributed by atoms with E-state index in [0.29, 0.717) is 9.75 Å². The highest BCUT2D eigenvalue weighted by Crippen LogP contribution is 2.35. The number of hydrogen-bond acceptors (Lipinski definition) is 5. The van der Waals surface area contributed by atoms with Crippen LogP contribution >= 0.6 is 11.3 Å². The lowest BCUT2D eigenvalue weighted by Gasteiger charge is -2.22. The van der Waals surface area contributed by atoms with Gasteiger partial charge < -0.3 is 4.74 Å². The maximum absolute atomic E-state index is 12.7. The van der Waals surface area contributed by atoms with Crippen molar-refractivity contribution in [2.24, 2.45) is 11.8 Å². The molecule has 112 valence electrons. The number of thiophene rings is 1. The zero-order valence-electron chi connectivity index (χ0n) is 11.3. The maximum Gasteiger partial charge on any atom is 0.348 e. The van der Waals surface area contributed by atoms with Gasteiger partial charge in [-0.1, -0.05) is 13.5 Å². The fraction of sp³-hybridized carbons (Fsp3) is 0.462. The Morgan fingerprint density at radius 3 is 2.65 bits per heavy atom. The van der Waals surface area contributed by atoms with Crippen LogP contribution in [0.3, 0.4) is 0 Å². The molecule has 0 aliphatic rings. The van der Waals surface area contributed by atoms with E-state index in [1.165, 1.54) is 0 Å². The van der Waals surface area contributed by atoms with Gasteiger partial charge >= 0.3 is 5.97 Å². The summed E-state index contributed by atoms with van der Waals surface area (Å²) in [4.78, 5) is 17.3. The van der Waals surface area contributed by atoms with E-state index < -0.39 is 24.4 Å². The zero-order valence-corrected chi connectivity index (χ0v) is 12.1. The molecule has 0 bridgehead atoms. The number of carbonyl (C=O) groups is 1. The van der Waals surface area contributed by atoms with Crippen LogP contribution < -0.4 is 5.90 Å². The van der Waals surface area contributed by atoms with Crippen molar-refractivity contribution in [3.8, 4) is 0 Å². The summed E-state index contributed by atoms with van der Waals surface area (Å²) in [7, 11) is 0. The van der Waals surface area contributed by atoms with Crippen LogP contribution in [0.2, 0.25) is 0 Å². The summed E-state index contributed by atoms with van der Waals surface area (Å²) in [5.74, 6) is 4.06. The zero-order chi connectivity index (χ0) is 15.3. The van der Waals surface area contributed by atoms with Crippen LogP contribution in [-0.2, 0) is 9.57 Å². The van der Waals surface area contributed by atoms with Gasteiger partial charge in [-0.25, -0.2) is 19.5 Å². The second-order valence-corrected chi connectivity index (χ2v) is 5.26. The van der Waals surface area contributed by atoms with Gasteiger partial charge in [-0.05, 0) is 24.6 Å². The highest BCUT2D eigenvalue weighted by molar-refractivity contribution is 7.14. The van der Waals surface area contributed by atoms with Crippen LogP contribution in [0.25, 0.3) is 0 Å². The topological polar surface area (TPSA) is 61.5 Å². The Balaban J connectivity index is 2.91. The van der Waals surface area contributed by atoms with E-state index in [1.807, 2.05) is 0 Å². The predicted octanol–water partition coefficient (Wildman–Crippen LogP) is 3.31. The molecular weight excluding hydrogens is 288 g/mol. The molecule has 1 rings (SSSR count). The lowest BCUT2D eigenvalue weighted by molar-refractivity contribution is 0.0186. The van der Waals surface area contributed by atoms with E-state index in [1.54, 1.807) is 26.0 Å². The number of halogens is 2. The first-order valence-electron chi connectivity index (χ1n) is 6.01. The number of alkyl halides is 2. The lowest BCUT2D eigenvalue weighted by atomic mass is 9.95. The molecule has 0 saturated carbocycles. The number of nitrogens with two attached hydrogens (primary N) is 1. The van der Waals surface area contributed by atoms with Gasteiger partial charge in [0.05, 0.1) is 6.61 Å². The van der Waals surface area contributed by atoms with Gasteiger partial charge in [-0.3, -0.25) is 4.84 Å². The standard InChI is InChI=1S/C13H17F2NO3S/c1-4-18-13(17)10-6-5-9(20-10)11(19-16)7(2)8(3)12(14)15/h5-7,11-12H,3-4,16H2,1-2H3. The van der Waals surface area contributed by atoms with Crippen molar-refractivity contribution in [3.63, 3.8) is 0 Å². The fourth-order valence-electron chi connectivity index (χ4n) is 1.64. The third-order valence-electron chi connectivity index (χ3n) is 2.85. The minimum atomic E-state index is -2.65. The summed E-state index contributed by atoms with van der Waals surface area (Å²) in [5, 5.41) is 0. The molecule has 0 aliphatic carbocycles. The molecule has 20 heavy (non-hydrogen) atoms. The second kappa shape index (κ2) is 7.47. The second-order valence-electron chi connectivity index (χ2n) is 4.14. The van der Waals surface area contributed by atoms with Crippen LogP contribution in [0.4, 0.5) is 8.78 Å². The number of esters is 1. The summed E-state index contributed by atoms with van der Waals surface area (Å²) in [5.41, 5.74) is -0.258. The normalized spacial score (nSPS) is 14.1. The molecule has 0 aliphatic heterocycles. The third kappa shape index (κ3) is 3.84. The largest absolute Gasteiger partial charge is 0.462 e. The fourth-order valence-corrected chi connectivity index (χ4v) is 2.69. The predicted molar refractivity (Wildman–Crippen MR) is 72.6 cm³/mol. The van der Waals surface area contributed by atoms with Crippen LogP contribution in [0.5, 0.6) is 0 Å². The van der Waals surface area contributed by atoms with Crippen LogP contribution in [-0.4, -0.2) is 19.0 Å². The van der Waals surface area contributed by atoms with Gasteiger partial charge in [0, 0.05) is 10.8 Å². The van der Waals surface area contributed by atoms with Crippen molar-refractivity contribution in [1.29, 1.82) is 0 Å². The van der Waals surface area contributed by atoms with Gasteiger partial charge in [-0.15, -0.1) is 11.3 Å². The molecule has 0 spiro atoms. The Bertz CT molecular complexity index is 476. The SMILES string of the molecule is C=C(C(F)F)C(C)C(ON)c1ccc(C(=O)OCC)s1. The third-order valence-corrected chi connectivity index (χ3v) is 3.98. The molecule has 2 unspecified atom stereocenters. The Labute approximate surface area is 120 Å². The molecule has 0 saturated heterocycles. The number of carbonyl (C=O) groups excluding carboxylic acids is 1. The summed E-state index contributed by atoms with van der Waals surface area (Å²) < 4.78 is 30.2. The molecule has 1 aromatic rings. The molecule has 0 radical (unpaired) electrons. The van der Waals surface area contributed by atoms with E-state index in [0.717, 1.165) is 11.3 Å². The number of ether oxygens (including phenoxy) is 1. The van der Waals surface area contributed by atoms with Crippen LogP contribution in [0, 0.1) is 5.92 Å². The van der Waals surface area contributed by atoms with Crippen molar-refractivity contribution < 1.29 is 23.1 Å². The molecule has 0 amide bonds. The minimum absolute atomic E-state index is 0.258. The summed E-state index contributed by atoms with van der Waals surface area (Å²) in [6.45, 7) is 6.87. The van der Waals surface area contributed by atoms with E-state index in [2.05, 4.69) is 6.58 Å². The molecular formula is C13H17F2NO3S. The molecule has 1 heterocycles. The lowest BCUT2D eigenvalue weighted by Crippen LogP contribution is -2.20. The highest BCUT2D eigenvalue weighted by Gasteiger charge is 2.28. The van der Waals surface area contributed by atoms with E-state index in [9.17, 15) is 13.6 Å². The van der Waals surface area contributed by atoms with Gasteiger partial charge in [0.25, 0.3) is 6.43 Å². The quantitative estimate of drug-likeness (QED) is 0.477. The monoisotopic (exact) mass is 305 g/mol. The summed E-state index contributed by atoms with van der Waals surface area (Å²) in [6, 6.07) is 3.17.